The van der Waals surface area contributed by atoms with Crippen LogP contribution in [0.2, 0.25) is 0 Å². The van der Waals surface area contributed by atoms with E-state index in [1.54, 1.807) is 24.4 Å². The number of halogens is 1. The molecule has 0 amide bonds. The van der Waals surface area contributed by atoms with E-state index < -0.39 is 11.8 Å². The van der Waals surface area contributed by atoms with E-state index in [0.717, 1.165) is 28.1 Å². The zero-order chi connectivity index (χ0) is 19.6. The van der Waals surface area contributed by atoms with Crippen LogP contribution < -0.4 is 5.73 Å². The fraction of sp³-hybridized carbons (Fsp3) is 0.190. The number of carbonyl (C=O) groups is 1. The molecule has 2 aromatic heterocycles. The highest BCUT2D eigenvalue weighted by molar-refractivity contribution is 5.90. The number of nitrogens with two attached hydrogens (primary N) is 1. The van der Waals surface area contributed by atoms with Gasteiger partial charge in [0.25, 0.3) is 0 Å². The van der Waals surface area contributed by atoms with Crippen molar-refractivity contribution in [2.24, 2.45) is 0 Å². The molecule has 3 rings (SSSR count). The minimum Gasteiger partial charge on any atom is -0.478 e. The zero-order valence-corrected chi connectivity index (χ0v) is 15.2. The molecule has 3 aromatic rings. The van der Waals surface area contributed by atoms with Crippen LogP contribution in [0.4, 0.5) is 10.2 Å². The van der Waals surface area contributed by atoms with Gasteiger partial charge in [0.1, 0.15) is 11.6 Å². The van der Waals surface area contributed by atoms with E-state index in [1.165, 1.54) is 12.1 Å². The number of hydrogen-bond acceptors (Lipinski definition) is 4. The van der Waals surface area contributed by atoms with Gasteiger partial charge in [0.2, 0.25) is 0 Å². The Labute approximate surface area is 156 Å². The Kier molecular flexibility index (Phi) is 5.16. The number of hydrogen-bond donors (Lipinski definition) is 2. The van der Waals surface area contributed by atoms with Gasteiger partial charge >= 0.3 is 5.97 Å². The minimum atomic E-state index is -1.29. The standard InChI is InChI=1S/C21H20FN3O2/c1-3-17-15(7-8-19(23)25-17)20-13(9-10-24-18(20)4-2)12-5-6-14(21(26)27)16(22)11-12/h5-11H,3-4H2,1-2H3,(H2,23,25)(H,26,27). The van der Waals surface area contributed by atoms with Crippen LogP contribution in [0.5, 0.6) is 0 Å². The van der Waals surface area contributed by atoms with Gasteiger partial charge in [0.05, 0.1) is 11.3 Å². The number of aryl methyl sites for hydroxylation is 2. The molecule has 138 valence electrons. The summed E-state index contributed by atoms with van der Waals surface area (Å²) in [5.41, 5.74) is 10.3. The van der Waals surface area contributed by atoms with Gasteiger partial charge in [-0.25, -0.2) is 14.2 Å². The predicted octanol–water partition coefficient (Wildman–Crippen LogP) is 4.35. The van der Waals surface area contributed by atoms with Gasteiger partial charge in [0, 0.05) is 23.0 Å². The molecule has 2 heterocycles. The average molecular weight is 365 g/mol. The van der Waals surface area contributed by atoms with Crippen molar-refractivity contribution in [1.29, 1.82) is 0 Å². The fourth-order valence-corrected chi connectivity index (χ4v) is 3.19. The van der Waals surface area contributed by atoms with Crippen LogP contribution in [0.3, 0.4) is 0 Å². The van der Waals surface area contributed by atoms with Crippen LogP contribution in [-0.4, -0.2) is 21.0 Å². The summed E-state index contributed by atoms with van der Waals surface area (Å²) in [6.45, 7) is 3.99. The average Bonchev–Trinajstić information content (AvgIpc) is 2.66. The largest absolute Gasteiger partial charge is 0.478 e. The van der Waals surface area contributed by atoms with Gasteiger partial charge in [-0.3, -0.25) is 4.98 Å². The monoisotopic (exact) mass is 365 g/mol. The molecule has 0 fully saturated rings. The molecular weight excluding hydrogens is 345 g/mol. The van der Waals surface area contributed by atoms with E-state index in [4.69, 9.17) is 10.8 Å². The Morgan fingerprint density at radius 1 is 1.07 bits per heavy atom. The highest BCUT2D eigenvalue weighted by Gasteiger charge is 2.18. The maximum absolute atomic E-state index is 14.3. The number of aromatic carboxylic acids is 1. The summed E-state index contributed by atoms with van der Waals surface area (Å²) >= 11 is 0. The van der Waals surface area contributed by atoms with E-state index in [0.29, 0.717) is 24.2 Å². The Morgan fingerprint density at radius 2 is 1.81 bits per heavy atom. The van der Waals surface area contributed by atoms with Crippen LogP contribution in [0.25, 0.3) is 22.3 Å². The lowest BCUT2D eigenvalue weighted by Crippen LogP contribution is -2.03. The maximum Gasteiger partial charge on any atom is 0.338 e. The summed E-state index contributed by atoms with van der Waals surface area (Å²) < 4.78 is 14.3. The van der Waals surface area contributed by atoms with Crippen LogP contribution in [0.1, 0.15) is 35.6 Å². The fourth-order valence-electron chi connectivity index (χ4n) is 3.19. The Morgan fingerprint density at radius 3 is 2.44 bits per heavy atom. The van der Waals surface area contributed by atoms with Crippen LogP contribution in [0.15, 0.2) is 42.6 Å². The number of nitrogen functional groups attached to an aromatic ring is 1. The molecule has 0 aliphatic rings. The van der Waals surface area contributed by atoms with Gasteiger partial charge in [0.15, 0.2) is 0 Å². The third-order valence-corrected chi connectivity index (χ3v) is 4.47. The molecule has 0 saturated heterocycles. The SMILES string of the molecule is CCc1nc(N)ccc1-c1c(-c2ccc(C(=O)O)c(F)c2)ccnc1CC. The lowest BCUT2D eigenvalue weighted by Gasteiger charge is -2.17. The number of nitrogens with zero attached hydrogens (tertiary/aromatic N) is 2. The summed E-state index contributed by atoms with van der Waals surface area (Å²) in [6, 6.07) is 9.59. The number of carboxylic acid groups (broad SMARTS) is 1. The number of aromatic nitrogens is 2. The molecule has 6 heteroatoms. The van der Waals surface area contributed by atoms with E-state index in [9.17, 15) is 9.18 Å². The van der Waals surface area contributed by atoms with Crippen molar-refractivity contribution in [3.05, 3.63) is 65.4 Å². The van der Waals surface area contributed by atoms with E-state index in [-0.39, 0.29) is 5.56 Å². The maximum atomic E-state index is 14.3. The first-order valence-corrected chi connectivity index (χ1v) is 8.73. The summed E-state index contributed by atoms with van der Waals surface area (Å²) in [4.78, 5) is 20.0. The first kappa shape index (κ1) is 18.5. The van der Waals surface area contributed by atoms with Crippen molar-refractivity contribution in [2.75, 3.05) is 5.73 Å². The van der Waals surface area contributed by atoms with Crippen molar-refractivity contribution < 1.29 is 14.3 Å². The second kappa shape index (κ2) is 7.53. The van der Waals surface area contributed by atoms with E-state index in [1.807, 2.05) is 19.9 Å². The highest BCUT2D eigenvalue weighted by atomic mass is 19.1. The molecule has 0 aliphatic heterocycles. The van der Waals surface area contributed by atoms with Gasteiger partial charge in [-0.15, -0.1) is 0 Å². The van der Waals surface area contributed by atoms with Crippen molar-refractivity contribution in [3.8, 4) is 22.3 Å². The zero-order valence-electron chi connectivity index (χ0n) is 15.2. The molecule has 0 unspecified atom stereocenters. The quantitative estimate of drug-likeness (QED) is 0.701. The number of anilines is 1. The molecule has 0 saturated carbocycles. The van der Waals surface area contributed by atoms with E-state index >= 15 is 0 Å². The second-order valence-corrected chi connectivity index (χ2v) is 6.12. The first-order chi connectivity index (χ1) is 13.0. The summed E-state index contributed by atoms with van der Waals surface area (Å²) in [5, 5.41) is 9.07. The number of carboxylic acids is 1. The van der Waals surface area contributed by atoms with Gasteiger partial charge < -0.3 is 10.8 Å². The lowest BCUT2D eigenvalue weighted by molar-refractivity contribution is 0.0692. The van der Waals surface area contributed by atoms with E-state index in [2.05, 4.69) is 9.97 Å². The molecule has 0 atom stereocenters. The van der Waals surface area contributed by atoms with Crippen LogP contribution in [-0.2, 0) is 12.8 Å². The van der Waals surface area contributed by atoms with Gasteiger partial charge in [-0.1, -0.05) is 19.9 Å². The summed E-state index contributed by atoms with van der Waals surface area (Å²) in [5.74, 6) is -1.62. The molecule has 3 N–H and O–H groups in total. The number of rotatable bonds is 5. The van der Waals surface area contributed by atoms with Crippen molar-refractivity contribution in [1.82, 2.24) is 9.97 Å². The van der Waals surface area contributed by atoms with Crippen molar-refractivity contribution in [3.63, 3.8) is 0 Å². The normalized spacial score (nSPS) is 10.8. The third-order valence-electron chi connectivity index (χ3n) is 4.47. The Balaban J connectivity index is 2.28. The molecular formula is C21H20FN3O2. The molecule has 0 bridgehead atoms. The lowest BCUT2D eigenvalue weighted by atomic mass is 9.91. The van der Waals surface area contributed by atoms with Gasteiger partial charge in [-0.05, 0) is 54.3 Å². The number of pyridine rings is 2. The smallest absolute Gasteiger partial charge is 0.338 e. The predicted molar refractivity (Wildman–Crippen MR) is 103 cm³/mol. The molecule has 5 nitrogen and oxygen atoms in total. The van der Waals surface area contributed by atoms with Gasteiger partial charge in [-0.2, -0.15) is 0 Å². The second-order valence-electron chi connectivity index (χ2n) is 6.12. The van der Waals surface area contributed by atoms with Crippen LogP contribution >= 0.6 is 0 Å². The van der Waals surface area contributed by atoms with Crippen molar-refractivity contribution >= 4 is 11.8 Å². The van der Waals surface area contributed by atoms with Crippen molar-refractivity contribution in [2.45, 2.75) is 26.7 Å². The van der Waals surface area contributed by atoms with Crippen LogP contribution in [0, 0.1) is 5.82 Å². The Hall–Kier alpha value is -3.28. The topological polar surface area (TPSA) is 89.1 Å². The molecule has 0 aliphatic carbocycles. The molecule has 0 radical (unpaired) electrons. The summed E-state index contributed by atoms with van der Waals surface area (Å²) in [6.07, 6.45) is 3.05. The third kappa shape index (κ3) is 3.51. The Bertz CT molecular complexity index is 1020. The minimum absolute atomic E-state index is 0.353. The summed E-state index contributed by atoms with van der Waals surface area (Å²) in [7, 11) is 0. The molecule has 0 spiro atoms. The first-order valence-electron chi connectivity index (χ1n) is 8.73. The number of benzene rings is 1. The highest BCUT2D eigenvalue weighted by Crippen LogP contribution is 2.36. The molecule has 1 aromatic carbocycles. The molecule has 27 heavy (non-hydrogen) atoms.